The van der Waals surface area contributed by atoms with E-state index in [2.05, 4.69) is 5.32 Å². The van der Waals surface area contributed by atoms with Crippen LogP contribution in [0, 0.1) is 0 Å². The summed E-state index contributed by atoms with van der Waals surface area (Å²) < 4.78 is 5.76. The van der Waals surface area contributed by atoms with Crippen LogP contribution in [0.25, 0.3) is 10.4 Å². The monoisotopic (exact) mass is 392 g/mol. The number of nitrogens with zero attached hydrogens (tertiary/aromatic N) is 1. The normalized spacial score (nSPS) is 11.8. The van der Waals surface area contributed by atoms with Gasteiger partial charge in [-0.15, -0.1) is 11.3 Å². The molecule has 0 saturated heterocycles. The van der Waals surface area contributed by atoms with E-state index in [1.807, 2.05) is 42.5 Å². The number of carbonyl (C=O) groups is 2. The lowest BCUT2D eigenvalue weighted by Gasteiger charge is -2.16. The van der Waals surface area contributed by atoms with Gasteiger partial charge in [-0.25, -0.2) is 0 Å². The predicted octanol–water partition coefficient (Wildman–Crippen LogP) is 3.94. The molecule has 0 aliphatic carbocycles. The highest BCUT2D eigenvalue weighted by atomic mass is 32.1. The van der Waals surface area contributed by atoms with Gasteiger partial charge in [0, 0.05) is 42.2 Å². The lowest BCUT2D eigenvalue weighted by molar-refractivity contribution is 0.0827. The maximum absolute atomic E-state index is 12.6. The maximum atomic E-state index is 12.6. The van der Waals surface area contributed by atoms with Gasteiger partial charge in [-0.2, -0.15) is 0 Å². The first-order valence-electron chi connectivity index (χ1n) is 8.96. The van der Waals surface area contributed by atoms with Crippen molar-refractivity contribution >= 4 is 23.2 Å². The van der Waals surface area contributed by atoms with Gasteiger partial charge in [0.2, 0.25) is 0 Å². The van der Waals surface area contributed by atoms with Crippen LogP contribution >= 0.6 is 11.3 Å². The summed E-state index contributed by atoms with van der Waals surface area (Å²) in [6, 6.07) is 17.1. The first-order valence-corrected chi connectivity index (χ1v) is 9.78. The second kappa shape index (κ2) is 7.48. The molecule has 2 amide bonds. The summed E-state index contributed by atoms with van der Waals surface area (Å²) >= 11 is 1.49. The van der Waals surface area contributed by atoms with Crippen LogP contribution in [0.1, 0.15) is 31.2 Å². The van der Waals surface area contributed by atoms with Crippen molar-refractivity contribution < 1.29 is 14.3 Å². The Morgan fingerprint density at radius 1 is 1.11 bits per heavy atom. The van der Waals surface area contributed by atoms with Crippen molar-refractivity contribution in [2.75, 3.05) is 14.1 Å². The zero-order valence-electron chi connectivity index (χ0n) is 15.7. The first kappa shape index (κ1) is 18.3. The number of thiophene rings is 1. The van der Waals surface area contributed by atoms with Gasteiger partial charge in [0.1, 0.15) is 12.4 Å². The van der Waals surface area contributed by atoms with E-state index in [1.165, 1.54) is 16.2 Å². The quantitative estimate of drug-likeness (QED) is 0.732. The van der Waals surface area contributed by atoms with Crippen LogP contribution in [0.5, 0.6) is 5.75 Å². The number of rotatable bonds is 4. The Morgan fingerprint density at radius 2 is 1.86 bits per heavy atom. The Labute approximate surface area is 167 Å². The number of fused-ring (bicyclic) bond motifs is 3. The summed E-state index contributed by atoms with van der Waals surface area (Å²) in [7, 11) is 3.45. The Morgan fingerprint density at radius 3 is 2.61 bits per heavy atom. The third-order valence-corrected chi connectivity index (χ3v) is 5.82. The van der Waals surface area contributed by atoms with Gasteiger partial charge >= 0.3 is 0 Å². The van der Waals surface area contributed by atoms with Gasteiger partial charge in [-0.3, -0.25) is 9.59 Å². The molecule has 3 aromatic rings. The van der Waals surface area contributed by atoms with E-state index in [9.17, 15) is 9.59 Å². The molecule has 0 spiro atoms. The molecule has 142 valence electrons. The number of carbonyl (C=O) groups excluding carboxylic acids is 2. The number of hydrogen-bond acceptors (Lipinski definition) is 4. The van der Waals surface area contributed by atoms with Gasteiger partial charge < -0.3 is 15.0 Å². The fourth-order valence-corrected chi connectivity index (χ4v) is 4.22. The molecule has 1 N–H and O–H groups in total. The molecule has 0 radical (unpaired) electrons. The molecule has 6 heteroatoms. The van der Waals surface area contributed by atoms with Crippen LogP contribution in [-0.4, -0.2) is 30.8 Å². The number of amides is 2. The van der Waals surface area contributed by atoms with E-state index in [-0.39, 0.29) is 11.8 Å². The molecule has 1 aliphatic rings. The first-order chi connectivity index (χ1) is 13.5. The van der Waals surface area contributed by atoms with Crippen LogP contribution < -0.4 is 10.1 Å². The zero-order valence-corrected chi connectivity index (χ0v) is 16.5. The Hall–Kier alpha value is -3.12. The minimum Gasteiger partial charge on any atom is -0.488 e. The van der Waals surface area contributed by atoms with E-state index in [0.717, 1.165) is 27.3 Å². The predicted molar refractivity (Wildman–Crippen MR) is 110 cm³/mol. The second-order valence-electron chi connectivity index (χ2n) is 6.83. The third kappa shape index (κ3) is 3.51. The molecule has 28 heavy (non-hydrogen) atoms. The van der Waals surface area contributed by atoms with E-state index in [4.69, 9.17) is 4.74 Å². The fourth-order valence-electron chi connectivity index (χ4n) is 3.10. The smallest absolute Gasteiger partial charge is 0.261 e. The largest absolute Gasteiger partial charge is 0.488 e. The molecule has 2 aromatic carbocycles. The molecule has 1 aliphatic heterocycles. The summed E-state index contributed by atoms with van der Waals surface area (Å²) in [6.45, 7) is 0.891. The SMILES string of the molecule is CN(C)C(=O)c1ccc(CNC(=O)c2cc3c(s2)-c2ccccc2OC3)cc1. The molecule has 5 nitrogen and oxygen atoms in total. The van der Waals surface area contributed by atoms with Gasteiger partial charge in [0.25, 0.3) is 11.8 Å². The fraction of sp³-hybridized carbons (Fsp3) is 0.182. The molecule has 1 aromatic heterocycles. The van der Waals surface area contributed by atoms with E-state index in [0.29, 0.717) is 23.6 Å². The van der Waals surface area contributed by atoms with E-state index in [1.54, 1.807) is 26.2 Å². The topological polar surface area (TPSA) is 58.6 Å². The molecule has 0 saturated carbocycles. The molecule has 0 bridgehead atoms. The van der Waals surface area contributed by atoms with Crippen LogP contribution in [0.4, 0.5) is 0 Å². The van der Waals surface area contributed by atoms with E-state index >= 15 is 0 Å². The van der Waals surface area contributed by atoms with Gasteiger partial charge in [-0.05, 0) is 35.9 Å². The van der Waals surface area contributed by atoms with Crippen molar-refractivity contribution in [2.45, 2.75) is 13.2 Å². The van der Waals surface area contributed by atoms with Crippen molar-refractivity contribution in [1.82, 2.24) is 10.2 Å². The summed E-state index contributed by atoms with van der Waals surface area (Å²) in [5.41, 5.74) is 3.65. The van der Waals surface area contributed by atoms with Crippen molar-refractivity contribution in [3.8, 4) is 16.2 Å². The summed E-state index contributed by atoms with van der Waals surface area (Å²) in [6.07, 6.45) is 0. The van der Waals surface area contributed by atoms with Crippen LogP contribution in [0.15, 0.2) is 54.6 Å². The number of ether oxygens (including phenoxy) is 1. The van der Waals surface area contributed by atoms with Gasteiger partial charge in [-0.1, -0.05) is 24.3 Å². The standard InChI is InChI=1S/C22H20N2O3S/c1-24(2)22(26)15-9-7-14(8-10-15)12-23-21(25)19-11-16-13-27-18-6-4-3-5-17(18)20(16)28-19/h3-11H,12-13H2,1-2H3,(H,23,25). The van der Waals surface area contributed by atoms with Gasteiger partial charge in [0.05, 0.1) is 4.88 Å². The minimum atomic E-state index is -0.106. The Bertz CT molecular complexity index is 1040. The maximum Gasteiger partial charge on any atom is 0.261 e. The molecule has 4 rings (SSSR count). The molecular formula is C22H20N2O3S. The Balaban J connectivity index is 1.44. The number of hydrogen-bond donors (Lipinski definition) is 1. The number of benzene rings is 2. The number of para-hydroxylation sites is 1. The molecule has 0 fully saturated rings. The van der Waals surface area contributed by atoms with Crippen molar-refractivity contribution in [2.24, 2.45) is 0 Å². The Kier molecular flexibility index (Phi) is 4.88. The highest BCUT2D eigenvalue weighted by Crippen LogP contribution is 2.42. The minimum absolute atomic E-state index is 0.0396. The van der Waals surface area contributed by atoms with E-state index < -0.39 is 0 Å². The lowest BCUT2D eigenvalue weighted by Crippen LogP contribution is -2.23. The van der Waals surface area contributed by atoms with Crippen molar-refractivity contribution in [3.05, 3.63) is 76.2 Å². The lowest BCUT2D eigenvalue weighted by atomic mass is 10.1. The van der Waals surface area contributed by atoms with Crippen LogP contribution in [0.3, 0.4) is 0 Å². The summed E-state index contributed by atoms with van der Waals surface area (Å²) in [5, 5.41) is 2.96. The van der Waals surface area contributed by atoms with Gasteiger partial charge in [0.15, 0.2) is 0 Å². The molecule has 0 unspecified atom stereocenters. The number of nitrogens with one attached hydrogen (secondary N) is 1. The van der Waals surface area contributed by atoms with Crippen LogP contribution in [-0.2, 0) is 13.2 Å². The summed E-state index contributed by atoms with van der Waals surface area (Å²) in [4.78, 5) is 27.9. The molecule has 0 atom stereocenters. The average molecular weight is 392 g/mol. The highest BCUT2D eigenvalue weighted by molar-refractivity contribution is 7.17. The van der Waals surface area contributed by atoms with Crippen molar-refractivity contribution in [1.29, 1.82) is 0 Å². The summed E-state index contributed by atoms with van der Waals surface area (Å²) in [5.74, 6) is 0.712. The van der Waals surface area contributed by atoms with Crippen molar-refractivity contribution in [3.63, 3.8) is 0 Å². The zero-order chi connectivity index (χ0) is 19.7. The van der Waals surface area contributed by atoms with Crippen LogP contribution in [0.2, 0.25) is 0 Å². The molecule has 2 heterocycles. The average Bonchev–Trinajstić information content (AvgIpc) is 3.17. The molecular weight excluding hydrogens is 372 g/mol. The third-order valence-electron chi connectivity index (χ3n) is 4.61. The highest BCUT2D eigenvalue weighted by Gasteiger charge is 2.22. The second-order valence-corrected chi connectivity index (χ2v) is 7.88.